The lowest BCUT2D eigenvalue weighted by Gasteiger charge is -2.27. The Labute approximate surface area is 132 Å². The average molecular weight is 315 g/mol. The van der Waals surface area contributed by atoms with Crippen LogP contribution in [0.15, 0.2) is 18.2 Å². The maximum atomic E-state index is 6.30. The van der Waals surface area contributed by atoms with Crippen molar-refractivity contribution in [2.24, 2.45) is 11.8 Å². The molecule has 1 heterocycles. The molecule has 4 heteroatoms. The van der Waals surface area contributed by atoms with Crippen LogP contribution >= 0.6 is 23.2 Å². The summed E-state index contributed by atoms with van der Waals surface area (Å²) >= 11 is 12.3. The molecule has 1 aliphatic heterocycles. The molecule has 1 aliphatic rings. The Morgan fingerprint density at radius 2 is 2.15 bits per heavy atom. The summed E-state index contributed by atoms with van der Waals surface area (Å²) in [6.45, 7) is 9.99. The van der Waals surface area contributed by atoms with Crippen LogP contribution in [0.3, 0.4) is 0 Å². The van der Waals surface area contributed by atoms with Crippen molar-refractivity contribution >= 4 is 23.2 Å². The minimum absolute atomic E-state index is 0.662. The van der Waals surface area contributed by atoms with Crippen molar-refractivity contribution in [1.82, 2.24) is 10.2 Å². The molecule has 2 nitrogen and oxygen atoms in total. The molecule has 0 saturated carbocycles. The van der Waals surface area contributed by atoms with E-state index in [4.69, 9.17) is 23.2 Å². The lowest BCUT2D eigenvalue weighted by molar-refractivity contribution is 0.205. The highest BCUT2D eigenvalue weighted by molar-refractivity contribution is 6.35. The topological polar surface area (TPSA) is 15.3 Å². The van der Waals surface area contributed by atoms with Crippen LogP contribution in [0.25, 0.3) is 0 Å². The molecule has 0 radical (unpaired) electrons. The molecule has 0 unspecified atom stereocenters. The first kappa shape index (κ1) is 16.1. The van der Waals surface area contributed by atoms with Crippen LogP contribution in [-0.4, -0.2) is 31.1 Å². The molecule has 112 valence electrons. The molecular weight excluding hydrogens is 291 g/mol. The highest BCUT2D eigenvalue weighted by Crippen LogP contribution is 2.23. The van der Waals surface area contributed by atoms with E-state index in [2.05, 4.69) is 24.1 Å². The summed E-state index contributed by atoms with van der Waals surface area (Å²) < 4.78 is 0. The summed E-state index contributed by atoms with van der Waals surface area (Å²) in [7, 11) is 0. The summed E-state index contributed by atoms with van der Waals surface area (Å²) in [6, 6.07) is 5.81. The Balaban J connectivity index is 2.01. The summed E-state index contributed by atoms with van der Waals surface area (Å²) in [5, 5.41) is 4.92. The van der Waals surface area contributed by atoms with Crippen molar-refractivity contribution in [3.8, 4) is 0 Å². The van der Waals surface area contributed by atoms with Crippen LogP contribution in [0.5, 0.6) is 0 Å². The molecule has 1 saturated heterocycles. The Bertz CT molecular complexity index is 428. The fourth-order valence-electron chi connectivity index (χ4n) is 2.85. The van der Waals surface area contributed by atoms with Crippen LogP contribution in [0.4, 0.5) is 0 Å². The van der Waals surface area contributed by atoms with Crippen molar-refractivity contribution in [2.45, 2.75) is 26.8 Å². The van der Waals surface area contributed by atoms with Gasteiger partial charge in [-0.2, -0.15) is 0 Å². The van der Waals surface area contributed by atoms with E-state index in [0.29, 0.717) is 10.9 Å². The molecule has 1 N–H and O–H groups in total. The second-order valence-electron chi connectivity index (χ2n) is 6.18. The van der Waals surface area contributed by atoms with Crippen LogP contribution < -0.4 is 5.32 Å². The third-order valence-corrected chi connectivity index (χ3v) is 4.30. The molecule has 1 aromatic rings. The van der Waals surface area contributed by atoms with E-state index < -0.39 is 0 Å². The highest BCUT2D eigenvalue weighted by atomic mass is 35.5. The number of benzene rings is 1. The maximum Gasteiger partial charge on any atom is 0.0465 e. The van der Waals surface area contributed by atoms with Gasteiger partial charge in [-0.25, -0.2) is 0 Å². The second kappa shape index (κ2) is 7.65. The third-order valence-electron chi connectivity index (χ3n) is 3.71. The molecule has 20 heavy (non-hydrogen) atoms. The van der Waals surface area contributed by atoms with E-state index in [9.17, 15) is 0 Å². The smallest absolute Gasteiger partial charge is 0.0465 e. The summed E-state index contributed by atoms with van der Waals surface area (Å²) in [4.78, 5) is 2.53. The summed E-state index contributed by atoms with van der Waals surface area (Å²) in [5.74, 6) is 1.43. The molecular formula is C16H24Cl2N2. The molecule has 0 spiro atoms. The molecule has 0 bridgehead atoms. The zero-order valence-corrected chi connectivity index (χ0v) is 13.8. The zero-order valence-electron chi connectivity index (χ0n) is 12.3. The predicted molar refractivity (Wildman–Crippen MR) is 87.6 cm³/mol. The van der Waals surface area contributed by atoms with Gasteiger partial charge in [0.05, 0.1) is 0 Å². The summed E-state index contributed by atoms with van der Waals surface area (Å²) in [5.41, 5.74) is 1.17. The van der Waals surface area contributed by atoms with Gasteiger partial charge in [-0.1, -0.05) is 43.1 Å². The second-order valence-corrected chi connectivity index (χ2v) is 7.03. The van der Waals surface area contributed by atoms with Gasteiger partial charge >= 0.3 is 0 Å². The van der Waals surface area contributed by atoms with E-state index in [-0.39, 0.29) is 0 Å². The lowest BCUT2D eigenvalue weighted by atomic mass is 10.1. The number of nitrogens with one attached hydrogen (secondary N) is 1. The number of hydrogen-bond acceptors (Lipinski definition) is 2. The Kier molecular flexibility index (Phi) is 6.16. The van der Waals surface area contributed by atoms with Gasteiger partial charge in [-0.15, -0.1) is 0 Å². The fourth-order valence-corrected chi connectivity index (χ4v) is 3.31. The minimum Gasteiger partial charge on any atom is -0.316 e. The van der Waals surface area contributed by atoms with E-state index in [1.807, 2.05) is 18.2 Å². The SMILES string of the molecule is CC(C)CN(Cc1ccc(Cl)cc1Cl)C[C@@H]1CCNC1. The van der Waals surface area contributed by atoms with Crippen LogP contribution in [-0.2, 0) is 6.54 Å². The first-order valence-electron chi connectivity index (χ1n) is 7.41. The Morgan fingerprint density at radius 1 is 1.35 bits per heavy atom. The molecule has 0 amide bonds. The molecule has 1 aromatic carbocycles. The van der Waals surface area contributed by atoms with Crippen molar-refractivity contribution < 1.29 is 0 Å². The average Bonchev–Trinajstić information content (AvgIpc) is 2.84. The quantitative estimate of drug-likeness (QED) is 0.851. The molecule has 2 rings (SSSR count). The van der Waals surface area contributed by atoms with Crippen LogP contribution in [0.2, 0.25) is 10.0 Å². The number of hydrogen-bond donors (Lipinski definition) is 1. The Hall–Kier alpha value is -0.280. The van der Waals surface area contributed by atoms with Gasteiger partial charge in [0.25, 0.3) is 0 Å². The van der Waals surface area contributed by atoms with E-state index in [1.54, 1.807) is 0 Å². The first-order chi connectivity index (χ1) is 9.54. The standard InChI is InChI=1S/C16H24Cl2N2/c1-12(2)9-20(10-13-5-6-19-8-13)11-14-3-4-15(17)7-16(14)18/h3-4,7,12-13,19H,5-6,8-11H2,1-2H3/t13-/m1/s1. The van der Waals surface area contributed by atoms with Gasteiger partial charge in [0, 0.05) is 29.7 Å². The normalized spacial score (nSPS) is 19.2. The van der Waals surface area contributed by atoms with Gasteiger partial charge in [-0.05, 0) is 49.0 Å². The van der Waals surface area contributed by atoms with Gasteiger partial charge in [0.2, 0.25) is 0 Å². The van der Waals surface area contributed by atoms with Crippen molar-refractivity contribution in [3.63, 3.8) is 0 Å². The number of halogens is 2. The van der Waals surface area contributed by atoms with Crippen molar-refractivity contribution in [1.29, 1.82) is 0 Å². The zero-order chi connectivity index (χ0) is 14.5. The third kappa shape index (κ3) is 4.92. The van der Waals surface area contributed by atoms with E-state index in [0.717, 1.165) is 43.7 Å². The number of nitrogens with zero attached hydrogens (tertiary/aromatic N) is 1. The Morgan fingerprint density at radius 3 is 2.75 bits per heavy atom. The fraction of sp³-hybridized carbons (Fsp3) is 0.625. The van der Waals surface area contributed by atoms with Crippen molar-refractivity contribution in [3.05, 3.63) is 33.8 Å². The van der Waals surface area contributed by atoms with E-state index >= 15 is 0 Å². The van der Waals surface area contributed by atoms with Gasteiger partial charge < -0.3 is 5.32 Å². The van der Waals surface area contributed by atoms with Gasteiger partial charge in [-0.3, -0.25) is 4.90 Å². The predicted octanol–water partition coefficient (Wildman–Crippen LogP) is 4.06. The van der Waals surface area contributed by atoms with Gasteiger partial charge in [0.1, 0.15) is 0 Å². The first-order valence-corrected chi connectivity index (χ1v) is 8.17. The molecule has 0 aliphatic carbocycles. The number of rotatable bonds is 6. The van der Waals surface area contributed by atoms with Crippen molar-refractivity contribution in [2.75, 3.05) is 26.2 Å². The van der Waals surface area contributed by atoms with E-state index in [1.165, 1.54) is 12.0 Å². The molecule has 1 atom stereocenters. The maximum absolute atomic E-state index is 6.30. The minimum atomic E-state index is 0.662. The van der Waals surface area contributed by atoms with Crippen LogP contribution in [0, 0.1) is 11.8 Å². The summed E-state index contributed by atoms with van der Waals surface area (Å²) in [6.07, 6.45) is 1.28. The largest absolute Gasteiger partial charge is 0.316 e. The molecule has 1 fully saturated rings. The monoisotopic (exact) mass is 314 g/mol. The van der Waals surface area contributed by atoms with Crippen LogP contribution in [0.1, 0.15) is 25.8 Å². The lowest BCUT2D eigenvalue weighted by Crippen LogP contribution is -2.33. The van der Waals surface area contributed by atoms with Gasteiger partial charge in [0.15, 0.2) is 0 Å². The molecule has 0 aromatic heterocycles. The highest BCUT2D eigenvalue weighted by Gasteiger charge is 2.19.